The number of rotatable bonds is 25. The Hall–Kier alpha value is -0.540. The maximum Gasteiger partial charge on any atom is 0.472 e. The van der Waals surface area contributed by atoms with E-state index in [0.717, 1.165) is 19.3 Å². The van der Waals surface area contributed by atoms with Crippen LogP contribution in [-0.4, -0.2) is 87.3 Å². The summed E-state index contributed by atoms with van der Waals surface area (Å²) < 4.78 is 34.4. The Morgan fingerprint density at radius 3 is 1.97 bits per heavy atom. The fourth-order valence-electron chi connectivity index (χ4n) is 3.76. The summed E-state index contributed by atoms with van der Waals surface area (Å²) in [4.78, 5) is 21.6. The first-order valence-electron chi connectivity index (χ1n) is 13.8. The van der Waals surface area contributed by atoms with Gasteiger partial charge in [0.1, 0.15) is 19.3 Å². The van der Waals surface area contributed by atoms with Crippen LogP contribution in [0.3, 0.4) is 0 Å². The van der Waals surface area contributed by atoms with Gasteiger partial charge < -0.3 is 24.0 Å². The molecule has 9 nitrogen and oxygen atoms in total. The number of phosphoric acid groups is 1. The number of carbonyl (C=O) groups excluding carboxylic acids is 1. The molecule has 36 heavy (non-hydrogen) atoms. The zero-order valence-corrected chi connectivity index (χ0v) is 24.5. The highest BCUT2D eigenvalue weighted by Crippen LogP contribution is 2.46. The number of likely N-dealkylation sites (N-methyl/N-ethyl adjacent to an activating group) is 1. The van der Waals surface area contributed by atoms with E-state index in [9.17, 15) is 19.4 Å². The van der Waals surface area contributed by atoms with Crippen LogP contribution in [0.1, 0.15) is 96.8 Å². The van der Waals surface area contributed by atoms with Crippen molar-refractivity contribution < 1.29 is 42.4 Å². The lowest BCUT2D eigenvalue weighted by molar-refractivity contribution is -0.870. The van der Waals surface area contributed by atoms with Crippen molar-refractivity contribution in [3.8, 4) is 0 Å². The van der Waals surface area contributed by atoms with E-state index < -0.39 is 20.0 Å². The van der Waals surface area contributed by atoms with Gasteiger partial charge >= 0.3 is 13.8 Å². The van der Waals surface area contributed by atoms with Crippen LogP contribution in [0.2, 0.25) is 0 Å². The highest BCUT2D eigenvalue weighted by atomic mass is 31.2. The Bertz CT molecular complexity index is 585. The summed E-state index contributed by atoms with van der Waals surface area (Å²) in [6, 6.07) is 0. The fraction of sp³-hybridized carbons (Fsp3) is 0.962. The number of esters is 1. The Morgan fingerprint density at radius 2 is 1.44 bits per heavy atom. The van der Waals surface area contributed by atoms with E-state index in [4.69, 9.17) is 13.8 Å². The molecule has 10 heteroatoms. The zero-order chi connectivity index (χ0) is 27.3. The van der Waals surface area contributed by atoms with Gasteiger partial charge in [-0.2, -0.15) is 0 Å². The van der Waals surface area contributed by atoms with Gasteiger partial charge in [0, 0.05) is 13.0 Å². The van der Waals surface area contributed by atoms with Crippen molar-refractivity contribution in [1.29, 1.82) is 0 Å². The first-order valence-corrected chi connectivity index (χ1v) is 15.3. The third kappa shape index (κ3) is 21.5. The molecule has 2 N–H and O–H groups in total. The molecule has 1 unspecified atom stereocenters. The van der Waals surface area contributed by atoms with Crippen molar-refractivity contribution >= 4 is 13.8 Å². The molecule has 0 rings (SSSR count). The van der Waals surface area contributed by atoms with Gasteiger partial charge in [-0.3, -0.25) is 13.8 Å². The predicted molar refractivity (Wildman–Crippen MR) is 143 cm³/mol. The molecule has 0 fully saturated rings. The van der Waals surface area contributed by atoms with Crippen LogP contribution < -0.4 is 0 Å². The molecular formula is C26H55NO8P+. The molecule has 0 aromatic carbocycles. The van der Waals surface area contributed by atoms with Crippen LogP contribution in [0.25, 0.3) is 0 Å². The summed E-state index contributed by atoms with van der Waals surface area (Å²) in [6.45, 7) is 2.83. The van der Waals surface area contributed by atoms with Gasteiger partial charge in [-0.05, 0) is 19.3 Å². The first kappa shape index (κ1) is 35.5. The largest absolute Gasteiger partial charge is 0.472 e. The molecule has 0 amide bonds. The maximum absolute atomic E-state index is 12.6. The lowest BCUT2D eigenvalue weighted by Crippen LogP contribution is -2.38. The second-order valence-electron chi connectivity index (χ2n) is 10.6. The molecule has 216 valence electrons. The average Bonchev–Trinajstić information content (AvgIpc) is 2.80. The minimum absolute atomic E-state index is 0.0838. The minimum Gasteiger partial charge on any atom is -0.469 e. The van der Waals surface area contributed by atoms with Gasteiger partial charge in [0.25, 0.3) is 0 Å². The summed E-state index contributed by atoms with van der Waals surface area (Å²) >= 11 is 0. The quantitative estimate of drug-likeness (QED) is 0.0701. The van der Waals surface area contributed by atoms with Gasteiger partial charge in [-0.15, -0.1) is 0 Å². The smallest absolute Gasteiger partial charge is 0.469 e. The molecule has 0 aliphatic heterocycles. The third-order valence-corrected chi connectivity index (χ3v) is 7.10. The summed E-state index contributed by atoms with van der Waals surface area (Å²) in [5.74, 6) is -0.275. The van der Waals surface area contributed by atoms with E-state index >= 15 is 0 Å². The van der Waals surface area contributed by atoms with Crippen molar-refractivity contribution in [2.75, 3.05) is 54.6 Å². The van der Waals surface area contributed by atoms with Crippen molar-refractivity contribution in [2.24, 2.45) is 0 Å². The maximum atomic E-state index is 12.6. The van der Waals surface area contributed by atoms with E-state index in [1.807, 2.05) is 21.1 Å². The molecular weight excluding hydrogens is 485 g/mol. The second-order valence-corrected chi connectivity index (χ2v) is 12.0. The number of unbranched alkanes of at least 4 members (excludes halogenated alkanes) is 10. The van der Waals surface area contributed by atoms with Gasteiger partial charge in [0.15, 0.2) is 0 Å². The van der Waals surface area contributed by atoms with Gasteiger partial charge in [-0.1, -0.05) is 71.1 Å². The van der Waals surface area contributed by atoms with Gasteiger partial charge in [0.05, 0.1) is 41.0 Å². The Morgan fingerprint density at radius 1 is 0.861 bits per heavy atom. The molecule has 0 saturated heterocycles. The van der Waals surface area contributed by atoms with E-state index in [-0.39, 0.29) is 19.2 Å². The van der Waals surface area contributed by atoms with Crippen LogP contribution in [0.4, 0.5) is 0 Å². The molecule has 0 aromatic heterocycles. The molecule has 0 radical (unpaired) electrons. The Kier molecular flexibility index (Phi) is 21.1. The lowest BCUT2D eigenvalue weighted by atomic mass is 10.0. The monoisotopic (exact) mass is 540 g/mol. The van der Waals surface area contributed by atoms with Gasteiger partial charge in [-0.25, -0.2) is 4.57 Å². The van der Waals surface area contributed by atoms with Crippen molar-refractivity contribution in [2.45, 2.75) is 109 Å². The highest BCUT2D eigenvalue weighted by Gasteiger charge is 2.32. The van der Waals surface area contributed by atoms with E-state index in [2.05, 4.69) is 11.7 Å². The molecule has 0 aliphatic rings. The molecule has 0 aliphatic carbocycles. The van der Waals surface area contributed by atoms with Crippen LogP contribution in [0, 0.1) is 0 Å². The molecule has 3 atom stereocenters. The van der Waals surface area contributed by atoms with E-state index in [1.54, 1.807) is 0 Å². The van der Waals surface area contributed by atoms with E-state index in [1.165, 1.54) is 52.1 Å². The Balaban J connectivity index is 4.67. The number of aliphatic hydroxyl groups is 1. The highest BCUT2D eigenvalue weighted by molar-refractivity contribution is 7.47. The van der Waals surface area contributed by atoms with Crippen molar-refractivity contribution in [1.82, 2.24) is 0 Å². The van der Waals surface area contributed by atoms with Crippen LogP contribution in [0.15, 0.2) is 0 Å². The van der Waals surface area contributed by atoms with Crippen LogP contribution in [0.5, 0.6) is 0 Å². The summed E-state index contributed by atoms with van der Waals surface area (Å²) in [7, 11) is 2.95. The zero-order valence-electron chi connectivity index (χ0n) is 23.6. The second kappa shape index (κ2) is 21.4. The van der Waals surface area contributed by atoms with Gasteiger partial charge in [0.2, 0.25) is 0 Å². The SMILES string of the molecule is CCCCCCCCCCCC[C@@H](OP(=O)(O)OCC[N+](C)(C)C)[C@H](CO)OCCCCC(=O)OC. The van der Waals surface area contributed by atoms with Crippen LogP contribution >= 0.6 is 7.82 Å². The number of hydrogen-bond acceptors (Lipinski definition) is 7. The number of quaternary nitrogens is 1. The van der Waals surface area contributed by atoms with Crippen molar-refractivity contribution in [3.05, 3.63) is 0 Å². The standard InChI is InChI=1S/C26H54NO8P/c1-6-7-8-9-10-11-12-13-14-15-18-24(35-36(30,31)34-22-20-27(2,3)4)25(23-28)33-21-17-16-19-26(29)32-5/h24-25,28H,6-23H2,1-5H3/p+1/t24-,25+/m1/s1. The number of hydrogen-bond donors (Lipinski definition) is 2. The van der Waals surface area contributed by atoms with Crippen molar-refractivity contribution in [3.63, 3.8) is 0 Å². The normalized spacial score (nSPS) is 15.4. The Labute approximate surface area is 220 Å². The molecule has 0 saturated carbocycles. The molecule has 0 bridgehead atoms. The molecule has 0 heterocycles. The third-order valence-electron chi connectivity index (χ3n) is 6.06. The minimum atomic E-state index is -4.31. The number of aliphatic hydroxyl groups excluding tert-OH is 1. The number of nitrogens with zero attached hydrogens (tertiary/aromatic N) is 1. The predicted octanol–water partition coefficient (Wildman–Crippen LogP) is 5.23. The topological polar surface area (TPSA) is 112 Å². The molecule has 0 spiro atoms. The number of ether oxygens (including phenoxy) is 2. The fourth-order valence-corrected chi connectivity index (χ4v) is 4.71. The summed E-state index contributed by atoms with van der Waals surface area (Å²) in [5.41, 5.74) is 0. The number of methoxy groups -OCH3 is 1. The average molecular weight is 541 g/mol. The summed E-state index contributed by atoms with van der Waals surface area (Å²) in [5, 5.41) is 9.93. The number of phosphoric ester groups is 1. The first-order chi connectivity index (χ1) is 17.0. The van der Waals surface area contributed by atoms with Crippen LogP contribution in [-0.2, 0) is 27.9 Å². The van der Waals surface area contributed by atoms with E-state index in [0.29, 0.717) is 43.3 Å². The number of carbonyl (C=O) groups is 1. The summed E-state index contributed by atoms with van der Waals surface area (Å²) in [6.07, 6.45) is 12.3. The lowest BCUT2D eigenvalue weighted by Gasteiger charge is -2.28. The molecule has 0 aromatic rings.